The van der Waals surface area contributed by atoms with Crippen LogP contribution in [0.1, 0.15) is 6.92 Å². The van der Waals surface area contributed by atoms with Crippen LogP contribution in [0.5, 0.6) is 17.2 Å². The molecule has 2 N–H and O–H groups in total. The lowest BCUT2D eigenvalue weighted by molar-refractivity contribution is 0.200. The first-order chi connectivity index (χ1) is 12.1. The normalized spacial score (nSPS) is 11.4. The minimum Gasteiger partial charge on any atom is -0.497 e. The number of hydrogen-bond donors (Lipinski definition) is 3. The minimum atomic E-state index is -0.289. The highest BCUT2D eigenvalue weighted by atomic mass is 32.1. The van der Waals surface area contributed by atoms with Crippen LogP contribution in [0.25, 0.3) is 10.9 Å². The molecule has 6 heteroatoms. The smallest absolute Gasteiger partial charge is 0.138 e. The van der Waals surface area contributed by atoms with Gasteiger partial charge in [0.2, 0.25) is 0 Å². The summed E-state index contributed by atoms with van der Waals surface area (Å²) in [5.41, 5.74) is 0.854. The lowest BCUT2D eigenvalue weighted by Crippen LogP contribution is -2.15. The van der Waals surface area contributed by atoms with Gasteiger partial charge in [0.05, 0.1) is 18.7 Å². The fourth-order valence-electron chi connectivity index (χ4n) is 2.07. The summed E-state index contributed by atoms with van der Waals surface area (Å²) in [4.78, 5) is 4.33. The zero-order valence-corrected chi connectivity index (χ0v) is 15.1. The van der Waals surface area contributed by atoms with Gasteiger partial charge in [0.25, 0.3) is 0 Å². The third-order valence-electron chi connectivity index (χ3n) is 3.27. The number of aliphatic hydroxyl groups excluding tert-OH is 1. The van der Waals surface area contributed by atoms with E-state index in [9.17, 15) is 0 Å². The average molecular weight is 358 g/mol. The van der Waals surface area contributed by atoms with Crippen LogP contribution in [0, 0.1) is 0 Å². The van der Waals surface area contributed by atoms with Gasteiger partial charge in [0.1, 0.15) is 17.2 Å². The van der Waals surface area contributed by atoms with Crippen LogP contribution in [0.4, 0.5) is 0 Å². The summed E-state index contributed by atoms with van der Waals surface area (Å²) in [6.07, 6.45) is 1.45. The summed E-state index contributed by atoms with van der Waals surface area (Å²) in [7, 11) is 1.64. The summed E-state index contributed by atoms with van der Waals surface area (Å²) in [6.45, 7) is 2.24. The maximum atomic E-state index is 8.44. The second-order valence-corrected chi connectivity index (χ2v) is 5.63. The van der Waals surface area contributed by atoms with Crippen molar-refractivity contribution in [2.45, 2.75) is 13.0 Å². The van der Waals surface area contributed by atoms with Gasteiger partial charge in [-0.25, -0.2) is 0 Å². The SMILES string of the molecule is CC(O)CNS.COc1ccc2c(Oc3ccccc3)ccnc2c1. The van der Waals surface area contributed by atoms with E-state index in [1.165, 1.54) is 0 Å². The first-order valence-electron chi connectivity index (χ1n) is 7.84. The number of thiol groups is 1. The van der Waals surface area contributed by atoms with E-state index in [1.807, 2.05) is 54.6 Å². The molecule has 0 bridgehead atoms. The molecule has 132 valence electrons. The number of methoxy groups -OCH3 is 1. The van der Waals surface area contributed by atoms with E-state index < -0.39 is 0 Å². The van der Waals surface area contributed by atoms with Gasteiger partial charge in [0, 0.05) is 24.2 Å². The standard InChI is InChI=1S/C16H13NO2.C3H9NOS/c1-18-13-7-8-14-15(11-13)17-10-9-16(14)19-12-5-3-2-4-6-12;1-3(5)2-4-6/h2-11H,1H3;3-6H,2H2,1H3. The predicted molar refractivity (Wildman–Crippen MR) is 103 cm³/mol. The van der Waals surface area contributed by atoms with Gasteiger partial charge >= 0.3 is 0 Å². The van der Waals surface area contributed by atoms with E-state index in [4.69, 9.17) is 14.6 Å². The molecule has 25 heavy (non-hydrogen) atoms. The van der Waals surface area contributed by atoms with Gasteiger partial charge < -0.3 is 14.6 Å². The molecule has 5 nitrogen and oxygen atoms in total. The van der Waals surface area contributed by atoms with Crippen LogP contribution >= 0.6 is 12.8 Å². The molecule has 0 aliphatic rings. The molecule has 0 aliphatic heterocycles. The second kappa shape index (κ2) is 9.88. The fraction of sp³-hybridized carbons (Fsp3) is 0.211. The molecule has 0 spiro atoms. The summed E-state index contributed by atoms with van der Waals surface area (Å²) in [5.74, 6) is 2.39. The molecule has 0 saturated carbocycles. The van der Waals surface area contributed by atoms with Gasteiger partial charge in [-0.05, 0) is 37.3 Å². The zero-order chi connectivity index (χ0) is 18.1. The van der Waals surface area contributed by atoms with E-state index in [0.29, 0.717) is 6.54 Å². The van der Waals surface area contributed by atoms with E-state index in [0.717, 1.165) is 28.2 Å². The highest BCUT2D eigenvalue weighted by Gasteiger charge is 2.05. The van der Waals surface area contributed by atoms with Crippen molar-refractivity contribution in [3.8, 4) is 17.2 Å². The third-order valence-corrected chi connectivity index (χ3v) is 3.45. The van der Waals surface area contributed by atoms with Gasteiger partial charge in [-0.2, -0.15) is 0 Å². The topological polar surface area (TPSA) is 63.6 Å². The Morgan fingerprint density at radius 1 is 1.12 bits per heavy atom. The highest BCUT2D eigenvalue weighted by Crippen LogP contribution is 2.30. The van der Waals surface area contributed by atoms with Crippen molar-refractivity contribution in [2.24, 2.45) is 0 Å². The molecule has 3 rings (SSSR count). The number of aliphatic hydroxyl groups is 1. The molecule has 1 aromatic heterocycles. The minimum absolute atomic E-state index is 0.289. The van der Waals surface area contributed by atoms with Crippen molar-refractivity contribution in [3.63, 3.8) is 0 Å². The van der Waals surface area contributed by atoms with Gasteiger partial charge in [0.15, 0.2) is 0 Å². The number of ether oxygens (including phenoxy) is 2. The summed E-state index contributed by atoms with van der Waals surface area (Å²) in [5, 5.41) is 9.41. The van der Waals surface area contributed by atoms with Gasteiger partial charge in [-0.1, -0.05) is 31.0 Å². The maximum Gasteiger partial charge on any atom is 0.138 e. The number of fused-ring (bicyclic) bond motifs is 1. The molecule has 1 atom stereocenters. The monoisotopic (exact) mass is 358 g/mol. The molecule has 0 amide bonds. The summed E-state index contributed by atoms with van der Waals surface area (Å²) < 4.78 is 13.6. The molecule has 3 aromatic rings. The van der Waals surface area contributed by atoms with Gasteiger partial charge in [-0.15, -0.1) is 0 Å². The molecule has 0 radical (unpaired) electrons. The van der Waals surface area contributed by atoms with E-state index >= 15 is 0 Å². The molecule has 2 aromatic carbocycles. The first kappa shape index (κ1) is 19.1. The largest absolute Gasteiger partial charge is 0.497 e. The lowest BCUT2D eigenvalue weighted by atomic mass is 10.2. The van der Waals surface area contributed by atoms with Crippen LogP contribution in [0.15, 0.2) is 60.8 Å². The molecule has 1 heterocycles. The van der Waals surface area contributed by atoms with Crippen LogP contribution in [-0.4, -0.2) is 29.8 Å². The Morgan fingerprint density at radius 2 is 1.88 bits per heavy atom. The number of nitrogens with one attached hydrogen (secondary N) is 1. The zero-order valence-electron chi connectivity index (χ0n) is 14.2. The molecular weight excluding hydrogens is 336 g/mol. The number of nitrogens with zero attached hydrogens (tertiary/aromatic N) is 1. The maximum absolute atomic E-state index is 8.44. The summed E-state index contributed by atoms with van der Waals surface area (Å²) >= 11 is 3.65. The van der Waals surface area contributed by atoms with Crippen LogP contribution < -0.4 is 14.2 Å². The Morgan fingerprint density at radius 3 is 2.48 bits per heavy atom. The van der Waals surface area contributed by atoms with E-state index in [2.05, 4.69) is 22.5 Å². The van der Waals surface area contributed by atoms with Crippen LogP contribution in [0.2, 0.25) is 0 Å². The number of para-hydroxylation sites is 1. The van der Waals surface area contributed by atoms with Crippen LogP contribution in [-0.2, 0) is 0 Å². The Labute approximate surface area is 153 Å². The molecule has 0 aliphatic carbocycles. The fourth-order valence-corrected chi connectivity index (χ4v) is 2.33. The average Bonchev–Trinajstić information content (AvgIpc) is 2.63. The highest BCUT2D eigenvalue weighted by molar-refractivity contribution is 7.78. The van der Waals surface area contributed by atoms with Crippen molar-refractivity contribution < 1.29 is 14.6 Å². The second-order valence-electron chi connectivity index (χ2n) is 5.32. The quantitative estimate of drug-likeness (QED) is 0.605. The third kappa shape index (κ3) is 5.94. The number of pyridine rings is 1. The Kier molecular flexibility index (Phi) is 7.53. The first-order valence-corrected chi connectivity index (χ1v) is 8.29. The van der Waals surface area contributed by atoms with Crippen molar-refractivity contribution in [2.75, 3.05) is 13.7 Å². The van der Waals surface area contributed by atoms with Crippen molar-refractivity contribution in [1.29, 1.82) is 0 Å². The number of hydrogen-bond acceptors (Lipinski definition) is 6. The number of rotatable bonds is 5. The van der Waals surface area contributed by atoms with E-state index in [1.54, 1.807) is 20.2 Å². The summed E-state index contributed by atoms with van der Waals surface area (Å²) in [6, 6.07) is 17.3. The predicted octanol–water partition coefficient (Wildman–Crippen LogP) is 3.84. The lowest BCUT2D eigenvalue weighted by Gasteiger charge is -2.09. The Hall–Kier alpha value is -2.28. The molecular formula is C19H22N2O3S. The number of aromatic nitrogens is 1. The van der Waals surface area contributed by atoms with Crippen molar-refractivity contribution >= 4 is 23.7 Å². The van der Waals surface area contributed by atoms with Crippen LogP contribution in [0.3, 0.4) is 0 Å². The molecule has 0 fully saturated rings. The van der Waals surface area contributed by atoms with E-state index in [-0.39, 0.29) is 6.10 Å². The van der Waals surface area contributed by atoms with Crippen molar-refractivity contribution in [1.82, 2.24) is 9.71 Å². The Bertz CT molecular complexity index is 782. The number of benzene rings is 2. The molecule has 0 saturated heterocycles. The Balaban J connectivity index is 0.000000326. The molecule has 1 unspecified atom stereocenters. The van der Waals surface area contributed by atoms with Gasteiger partial charge in [-0.3, -0.25) is 9.71 Å². The van der Waals surface area contributed by atoms with Crippen molar-refractivity contribution in [3.05, 3.63) is 60.8 Å².